The number of hydrogen-bond acceptors (Lipinski definition) is 4. The van der Waals surface area contributed by atoms with Gasteiger partial charge in [0.25, 0.3) is 0 Å². The van der Waals surface area contributed by atoms with Gasteiger partial charge in [-0.3, -0.25) is 4.79 Å². The molecule has 0 saturated heterocycles. The summed E-state index contributed by atoms with van der Waals surface area (Å²) >= 11 is 1.01. The van der Waals surface area contributed by atoms with Crippen LogP contribution in [-0.4, -0.2) is 21.5 Å². The molecule has 0 aromatic carbocycles. The number of H-pyrrole nitrogens is 1. The first-order valence-corrected chi connectivity index (χ1v) is 11.1. The Hall–Kier alpha value is -1.77. The van der Waals surface area contributed by atoms with Crippen LogP contribution >= 0.6 is 11.8 Å². The van der Waals surface area contributed by atoms with Crippen LogP contribution in [0.15, 0.2) is 40.6 Å². The lowest BCUT2D eigenvalue weighted by Gasteiger charge is -2.47. The summed E-state index contributed by atoms with van der Waals surface area (Å²) in [7, 11) is 0. The molecule has 4 nitrogen and oxygen atoms in total. The van der Waals surface area contributed by atoms with Crippen molar-refractivity contribution in [3.8, 4) is 5.40 Å². The predicted molar refractivity (Wildman–Crippen MR) is 120 cm³/mol. The lowest BCUT2D eigenvalue weighted by molar-refractivity contribution is 0.0609. The number of hydrogen-bond donors (Lipinski definition) is 2. The van der Waals surface area contributed by atoms with Crippen LogP contribution in [-0.2, 0) is 0 Å². The second-order valence-corrected chi connectivity index (χ2v) is 10.8. The average Bonchev–Trinajstić information content (AvgIpc) is 3.06. The minimum absolute atomic E-state index is 0.0212. The highest BCUT2D eigenvalue weighted by Gasteiger charge is 2.47. The number of carbonyl (C=O) groups excluding carboxylic acids is 1. The first-order chi connectivity index (χ1) is 13.3. The van der Waals surface area contributed by atoms with Crippen molar-refractivity contribution in [1.82, 2.24) is 4.98 Å². The standard InChI is InChI=1S/C24H34N2O2S/c1-8-9-10-24(28)18(22(2,3)4)11-16(12-19(24)23(5,6)7)21(27)17-13-20(26-14-17)29-15-25/h11-14,16,26,28H,8-10H2,1-7H3. The van der Waals surface area contributed by atoms with Crippen LogP contribution in [0.1, 0.15) is 78.1 Å². The topological polar surface area (TPSA) is 76.9 Å². The van der Waals surface area contributed by atoms with E-state index in [9.17, 15) is 9.90 Å². The molecule has 2 rings (SSSR count). The second kappa shape index (κ2) is 8.53. The molecule has 1 aliphatic rings. The zero-order valence-corrected chi connectivity index (χ0v) is 19.5. The maximum Gasteiger partial charge on any atom is 0.175 e. The summed E-state index contributed by atoms with van der Waals surface area (Å²) in [6, 6.07) is 1.73. The highest BCUT2D eigenvalue weighted by atomic mass is 32.2. The van der Waals surface area contributed by atoms with Gasteiger partial charge in [-0.15, -0.1) is 0 Å². The number of aromatic amines is 1. The predicted octanol–water partition coefficient (Wildman–Crippen LogP) is 6.27. The molecule has 1 aliphatic carbocycles. The number of thioether (sulfide) groups is 1. The van der Waals surface area contributed by atoms with E-state index in [-0.39, 0.29) is 16.6 Å². The highest BCUT2D eigenvalue weighted by molar-refractivity contribution is 8.03. The molecule has 0 unspecified atom stereocenters. The van der Waals surface area contributed by atoms with Gasteiger partial charge in [-0.2, -0.15) is 5.26 Å². The molecule has 0 amide bonds. The minimum atomic E-state index is -1.04. The number of thiocyanates is 1. The normalized spacial score (nSPS) is 22.7. The Bertz CT molecular complexity index is 825. The Labute approximate surface area is 179 Å². The van der Waals surface area contributed by atoms with E-state index >= 15 is 0 Å². The fourth-order valence-electron chi connectivity index (χ4n) is 4.24. The highest BCUT2D eigenvalue weighted by Crippen LogP contribution is 2.50. The molecule has 0 fully saturated rings. The summed E-state index contributed by atoms with van der Waals surface area (Å²) in [5, 5.41) is 23.5. The molecule has 0 radical (unpaired) electrons. The third-order valence-corrected chi connectivity index (χ3v) is 6.04. The minimum Gasteiger partial charge on any atom is -0.381 e. The molecule has 158 valence electrons. The van der Waals surface area contributed by atoms with Gasteiger partial charge in [-0.1, -0.05) is 73.5 Å². The number of rotatable bonds is 6. The van der Waals surface area contributed by atoms with E-state index in [2.05, 4.69) is 53.5 Å². The van der Waals surface area contributed by atoms with Crippen molar-refractivity contribution < 1.29 is 9.90 Å². The fraction of sp³-hybridized carbons (Fsp3) is 0.583. The number of Topliss-reactive ketones (excluding diaryl/α,β-unsaturated/α-hetero) is 1. The van der Waals surface area contributed by atoms with Gasteiger partial charge < -0.3 is 10.1 Å². The van der Waals surface area contributed by atoms with Crippen molar-refractivity contribution in [3.05, 3.63) is 41.1 Å². The Balaban J connectivity index is 2.58. The third-order valence-electron chi connectivity index (χ3n) is 5.49. The summed E-state index contributed by atoms with van der Waals surface area (Å²) in [5.74, 6) is -0.455. The smallest absolute Gasteiger partial charge is 0.175 e. The number of aliphatic hydroxyl groups is 1. The molecule has 1 heterocycles. The Morgan fingerprint density at radius 3 is 2.21 bits per heavy atom. The van der Waals surface area contributed by atoms with Gasteiger partial charge in [-0.05, 0) is 34.5 Å². The van der Waals surface area contributed by atoms with Crippen LogP contribution in [0.4, 0.5) is 0 Å². The van der Waals surface area contributed by atoms with Crippen LogP contribution in [0.25, 0.3) is 0 Å². The molecule has 29 heavy (non-hydrogen) atoms. The molecule has 1 aromatic rings. The second-order valence-electron chi connectivity index (χ2n) is 9.96. The quantitative estimate of drug-likeness (QED) is 0.249. The van der Waals surface area contributed by atoms with Crippen LogP contribution in [0.2, 0.25) is 0 Å². The van der Waals surface area contributed by atoms with Crippen molar-refractivity contribution in [2.24, 2.45) is 16.7 Å². The van der Waals surface area contributed by atoms with Gasteiger partial charge in [0.05, 0.1) is 10.9 Å². The number of ketones is 1. The monoisotopic (exact) mass is 414 g/mol. The maximum atomic E-state index is 13.3. The number of unbranched alkanes of at least 4 members (excludes halogenated alkanes) is 1. The molecular weight excluding hydrogens is 380 g/mol. The molecule has 0 atom stereocenters. The summed E-state index contributed by atoms with van der Waals surface area (Å²) in [6.07, 6.45) is 8.18. The Morgan fingerprint density at radius 2 is 1.76 bits per heavy atom. The molecule has 1 aromatic heterocycles. The number of nitrogens with zero attached hydrogens (tertiary/aromatic N) is 1. The first kappa shape index (κ1) is 23.5. The van der Waals surface area contributed by atoms with Gasteiger partial charge in [-0.25, -0.2) is 0 Å². The molecule has 2 N–H and O–H groups in total. The number of nitriles is 1. The number of aromatic nitrogens is 1. The van der Waals surface area contributed by atoms with Gasteiger partial charge in [0.15, 0.2) is 5.78 Å². The molecule has 0 bridgehead atoms. The lowest BCUT2D eigenvalue weighted by atomic mass is 9.61. The van der Waals surface area contributed by atoms with E-state index < -0.39 is 11.5 Å². The number of nitrogens with one attached hydrogen (secondary N) is 1. The number of allylic oxidation sites excluding steroid dienone is 2. The van der Waals surface area contributed by atoms with Crippen molar-refractivity contribution >= 4 is 17.5 Å². The summed E-state index contributed by atoms with van der Waals surface area (Å²) in [4.78, 5) is 16.3. The molecule has 0 saturated carbocycles. The largest absolute Gasteiger partial charge is 0.381 e. The average molecular weight is 415 g/mol. The van der Waals surface area contributed by atoms with Crippen molar-refractivity contribution in [3.63, 3.8) is 0 Å². The molecule has 0 spiro atoms. The van der Waals surface area contributed by atoms with Gasteiger partial charge >= 0.3 is 0 Å². The maximum absolute atomic E-state index is 13.3. The van der Waals surface area contributed by atoms with E-state index in [4.69, 9.17) is 5.26 Å². The summed E-state index contributed by atoms with van der Waals surface area (Å²) < 4.78 is 0. The Kier molecular flexibility index (Phi) is 6.92. The zero-order valence-electron chi connectivity index (χ0n) is 18.7. The van der Waals surface area contributed by atoms with Crippen LogP contribution in [0, 0.1) is 27.4 Å². The fourth-order valence-corrected chi connectivity index (χ4v) is 4.64. The molecular formula is C24H34N2O2S. The van der Waals surface area contributed by atoms with Crippen LogP contribution in [0.3, 0.4) is 0 Å². The SMILES string of the molecule is CCCCC1(O)C(C(C)(C)C)=CC(C(=O)c2c[nH]c(SC#N)c2)C=C1C(C)(C)C. The number of carbonyl (C=O) groups is 1. The first-order valence-electron chi connectivity index (χ1n) is 10.3. The van der Waals surface area contributed by atoms with Crippen LogP contribution < -0.4 is 0 Å². The van der Waals surface area contributed by atoms with Gasteiger partial charge in [0, 0.05) is 23.5 Å². The third kappa shape index (κ3) is 5.05. The zero-order chi connectivity index (χ0) is 22.0. The lowest BCUT2D eigenvalue weighted by Crippen LogP contribution is -2.46. The Morgan fingerprint density at radius 1 is 1.21 bits per heavy atom. The van der Waals surface area contributed by atoms with Crippen LogP contribution in [0.5, 0.6) is 0 Å². The molecule has 0 aliphatic heterocycles. The summed E-state index contributed by atoms with van der Waals surface area (Å²) in [6.45, 7) is 14.7. The van der Waals surface area contributed by atoms with E-state index in [1.54, 1.807) is 12.3 Å². The summed E-state index contributed by atoms with van der Waals surface area (Å²) in [5.41, 5.74) is 0.819. The van der Waals surface area contributed by atoms with Gasteiger partial charge in [0.1, 0.15) is 11.0 Å². The van der Waals surface area contributed by atoms with E-state index in [0.29, 0.717) is 17.0 Å². The molecule has 5 heteroatoms. The van der Waals surface area contributed by atoms with Crippen molar-refractivity contribution in [1.29, 1.82) is 5.26 Å². The van der Waals surface area contributed by atoms with E-state index in [1.165, 1.54) is 0 Å². The van der Waals surface area contributed by atoms with E-state index in [1.807, 2.05) is 17.6 Å². The van der Waals surface area contributed by atoms with Crippen molar-refractivity contribution in [2.75, 3.05) is 0 Å². The van der Waals surface area contributed by atoms with E-state index in [0.717, 1.165) is 35.7 Å². The van der Waals surface area contributed by atoms with Crippen molar-refractivity contribution in [2.45, 2.75) is 78.4 Å². The van der Waals surface area contributed by atoms with Gasteiger partial charge in [0.2, 0.25) is 0 Å².